The number of nitrogens with zero attached hydrogens (tertiary/aromatic N) is 1. The molecule has 27 heavy (non-hydrogen) atoms. The molecule has 0 saturated heterocycles. The van der Waals surface area contributed by atoms with Gasteiger partial charge in [0.05, 0.1) is 10.0 Å². The van der Waals surface area contributed by atoms with Crippen LogP contribution in [0.15, 0.2) is 35.9 Å². The topological polar surface area (TPSA) is 62.1 Å². The summed E-state index contributed by atoms with van der Waals surface area (Å²) in [4.78, 5) is 12.4. The number of nitriles is 1. The largest absolute Gasteiger partial charge is 0.478 e. The Morgan fingerprint density at radius 1 is 1.26 bits per heavy atom. The van der Waals surface area contributed by atoms with Crippen LogP contribution in [-0.4, -0.2) is 12.5 Å². The lowest BCUT2D eigenvalue weighted by Gasteiger charge is -2.10. The second-order valence-corrected chi connectivity index (χ2v) is 6.56. The number of hydrogen-bond donors (Lipinski definition) is 1. The molecule has 0 aromatic heterocycles. The third-order valence-corrected chi connectivity index (χ3v) is 4.48. The summed E-state index contributed by atoms with van der Waals surface area (Å²) in [5.41, 5.74) is 1.56. The highest BCUT2D eigenvalue weighted by Gasteiger charge is 2.14. The lowest BCUT2D eigenvalue weighted by molar-refractivity contribution is -0.112. The highest BCUT2D eigenvalue weighted by atomic mass is 35.5. The average Bonchev–Trinajstić information content (AvgIpc) is 2.62. The summed E-state index contributed by atoms with van der Waals surface area (Å²) in [6, 6.07) is 10.0. The summed E-state index contributed by atoms with van der Waals surface area (Å²) in [5, 5.41) is 13.0. The lowest BCUT2D eigenvalue weighted by atomic mass is 10.1. The molecule has 0 heterocycles. The first-order valence-corrected chi connectivity index (χ1v) is 8.74. The van der Waals surface area contributed by atoms with Crippen LogP contribution in [0.2, 0.25) is 15.1 Å². The van der Waals surface area contributed by atoms with Gasteiger partial charge in [-0.3, -0.25) is 4.79 Å². The second kappa shape index (κ2) is 9.35. The van der Waals surface area contributed by atoms with E-state index in [0.717, 1.165) is 0 Å². The van der Waals surface area contributed by atoms with Gasteiger partial charge in [-0.05, 0) is 48.4 Å². The summed E-state index contributed by atoms with van der Waals surface area (Å²) < 4.78 is 5.28. The molecule has 0 radical (unpaired) electrons. The number of nitrogens with one attached hydrogen (secondary N) is 1. The van der Waals surface area contributed by atoms with E-state index >= 15 is 0 Å². The number of amides is 1. The number of halogens is 3. The summed E-state index contributed by atoms with van der Waals surface area (Å²) in [6.07, 6.45) is 6.52. The quantitative estimate of drug-likeness (QED) is 0.395. The number of rotatable bonds is 5. The lowest BCUT2D eigenvalue weighted by Crippen LogP contribution is -2.14. The van der Waals surface area contributed by atoms with Gasteiger partial charge in [-0.25, -0.2) is 0 Å². The molecule has 7 heteroatoms. The number of anilines is 1. The van der Waals surface area contributed by atoms with E-state index in [9.17, 15) is 10.1 Å². The molecule has 0 fully saturated rings. The first kappa shape index (κ1) is 20.7. The summed E-state index contributed by atoms with van der Waals surface area (Å²) in [6.45, 7) is 1.78. The fraction of sp³-hybridized carbons (Fsp3) is 0.100. The molecule has 4 nitrogen and oxygen atoms in total. The van der Waals surface area contributed by atoms with Crippen molar-refractivity contribution in [2.75, 3.05) is 11.9 Å². The van der Waals surface area contributed by atoms with Gasteiger partial charge in [0.15, 0.2) is 5.75 Å². The van der Waals surface area contributed by atoms with Gasteiger partial charge >= 0.3 is 0 Å². The number of hydrogen-bond acceptors (Lipinski definition) is 3. The van der Waals surface area contributed by atoms with Crippen LogP contribution in [0.25, 0.3) is 6.08 Å². The van der Waals surface area contributed by atoms with E-state index < -0.39 is 5.91 Å². The molecule has 0 aliphatic heterocycles. The van der Waals surface area contributed by atoms with Gasteiger partial charge in [-0.15, -0.1) is 6.42 Å². The number of terminal acetylenes is 1. The maximum absolute atomic E-state index is 12.4. The van der Waals surface area contributed by atoms with Gasteiger partial charge in [0.25, 0.3) is 5.91 Å². The van der Waals surface area contributed by atoms with Crippen LogP contribution < -0.4 is 10.1 Å². The minimum absolute atomic E-state index is 0.0134. The van der Waals surface area contributed by atoms with Gasteiger partial charge in [0, 0.05) is 10.7 Å². The van der Waals surface area contributed by atoms with Gasteiger partial charge in [0.1, 0.15) is 18.2 Å². The molecule has 0 bridgehead atoms. The molecular weight excluding hydrogens is 407 g/mol. The molecule has 0 saturated carbocycles. The molecule has 1 N–H and O–H groups in total. The fourth-order valence-electron chi connectivity index (χ4n) is 2.16. The highest BCUT2D eigenvalue weighted by molar-refractivity contribution is 6.37. The van der Waals surface area contributed by atoms with Gasteiger partial charge in [0.2, 0.25) is 0 Å². The highest BCUT2D eigenvalue weighted by Crippen LogP contribution is 2.35. The van der Waals surface area contributed by atoms with Gasteiger partial charge in [-0.2, -0.15) is 5.26 Å². The predicted molar refractivity (Wildman–Crippen MR) is 109 cm³/mol. The molecule has 0 spiro atoms. The standard InChI is InChI=1S/C20H13Cl3N2O2/c1-3-7-27-19-16(22)9-13(10-17(19)23)8-14(11-24)20(26)25-18-6-4-5-15(21)12(18)2/h1,4-6,8-10H,7H2,2H3,(H,25,26)/b14-8-. The van der Waals surface area contributed by atoms with Crippen LogP contribution in [0, 0.1) is 30.6 Å². The Morgan fingerprint density at radius 3 is 2.52 bits per heavy atom. The summed E-state index contributed by atoms with van der Waals surface area (Å²) in [7, 11) is 0. The monoisotopic (exact) mass is 418 g/mol. The van der Waals surface area contributed by atoms with Crippen molar-refractivity contribution in [2.24, 2.45) is 0 Å². The second-order valence-electron chi connectivity index (χ2n) is 5.34. The van der Waals surface area contributed by atoms with Crippen molar-refractivity contribution in [3.63, 3.8) is 0 Å². The van der Waals surface area contributed by atoms with Gasteiger partial charge in [-0.1, -0.05) is 46.8 Å². The van der Waals surface area contributed by atoms with Crippen LogP contribution >= 0.6 is 34.8 Å². The van der Waals surface area contributed by atoms with E-state index in [2.05, 4.69) is 11.2 Å². The van der Waals surface area contributed by atoms with Crippen molar-refractivity contribution in [1.29, 1.82) is 5.26 Å². The Morgan fingerprint density at radius 2 is 1.93 bits per heavy atom. The minimum atomic E-state index is -0.581. The zero-order valence-corrected chi connectivity index (χ0v) is 16.4. The summed E-state index contributed by atoms with van der Waals surface area (Å²) >= 11 is 18.3. The minimum Gasteiger partial charge on any atom is -0.478 e. The third kappa shape index (κ3) is 5.18. The van der Waals surface area contributed by atoms with Gasteiger partial charge < -0.3 is 10.1 Å². The Bertz CT molecular complexity index is 978. The molecule has 0 aliphatic carbocycles. The molecule has 136 valence electrons. The van der Waals surface area contributed by atoms with E-state index in [-0.39, 0.29) is 28.0 Å². The van der Waals surface area contributed by atoms with Crippen LogP contribution in [0.1, 0.15) is 11.1 Å². The SMILES string of the molecule is C#CCOc1c(Cl)cc(/C=C(/C#N)C(=O)Nc2cccc(Cl)c2C)cc1Cl. The smallest absolute Gasteiger partial charge is 0.266 e. The molecule has 0 aliphatic rings. The zero-order chi connectivity index (χ0) is 20.0. The normalized spacial score (nSPS) is 10.7. The maximum Gasteiger partial charge on any atom is 0.266 e. The first-order valence-electron chi connectivity index (χ1n) is 7.61. The van der Waals surface area contributed by atoms with Crippen molar-refractivity contribution in [1.82, 2.24) is 0 Å². The van der Waals surface area contributed by atoms with E-state index in [4.69, 9.17) is 46.0 Å². The Balaban J connectivity index is 2.30. The predicted octanol–water partition coefficient (Wildman–Crippen LogP) is 5.51. The van der Waals surface area contributed by atoms with E-state index in [1.165, 1.54) is 18.2 Å². The first-order chi connectivity index (χ1) is 12.9. The van der Waals surface area contributed by atoms with Crippen molar-refractivity contribution in [3.8, 4) is 24.2 Å². The van der Waals surface area contributed by atoms with Crippen molar-refractivity contribution >= 4 is 52.5 Å². The van der Waals surface area contributed by atoms with E-state index in [0.29, 0.717) is 21.8 Å². The number of ether oxygens (including phenoxy) is 1. The third-order valence-electron chi connectivity index (χ3n) is 3.51. The number of carbonyl (C=O) groups excluding carboxylic acids is 1. The van der Waals surface area contributed by atoms with Crippen molar-refractivity contribution < 1.29 is 9.53 Å². The molecular formula is C20H13Cl3N2O2. The molecule has 1 amide bonds. The van der Waals surface area contributed by atoms with Crippen molar-refractivity contribution in [3.05, 3.63) is 62.1 Å². The van der Waals surface area contributed by atoms with Crippen LogP contribution in [0.4, 0.5) is 5.69 Å². The Kier molecular flexibility index (Phi) is 7.16. The van der Waals surface area contributed by atoms with Crippen molar-refractivity contribution in [2.45, 2.75) is 6.92 Å². The Hall–Kier alpha value is -2.63. The van der Waals surface area contributed by atoms with Crippen LogP contribution in [-0.2, 0) is 4.79 Å². The molecule has 2 aromatic carbocycles. The number of carbonyl (C=O) groups is 1. The number of benzene rings is 2. The Labute approximate surface area is 172 Å². The summed E-state index contributed by atoms with van der Waals surface area (Å²) in [5.74, 6) is 1.98. The molecule has 2 aromatic rings. The molecule has 0 unspecified atom stereocenters. The average molecular weight is 420 g/mol. The molecule has 2 rings (SSSR count). The van der Waals surface area contributed by atoms with Crippen LogP contribution in [0.5, 0.6) is 5.75 Å². The van der Waals surface area contributed by atoms with E-state index in [1.54, 1.807) is 25.1 Å². The zero-order valence-electron chi connectivity index (χ0n) is 14.1. The maximum atomic E-state index is 12.4. The molecule has 0 atom stereocenters. The fourth-order valence-corrected chi connectivity index (χ4v) is 2.95. The van der Waals surface area contributed by atoms with Crippen LogP contribution in [0.3, 0.4) is 0 Å². The van der Waals surface area contributed by atoms with E-state index in [1.807, 2.05) is 6.07 Å².